The summed E-state index contributed by atoms with van der Waals surface area (Å²) in [7, 11) is -3.02. The van der Waals surface area contributed by atoms with Gasteiger partial charge in [-0.15, -0.1) is 0 Å². The molecule has 7 nitrogen and oxygen atoms in total. The molecule has 154 valence electrons. The van der Waals surface area contributed by atoms with E-state index < -0.39 is 16.0 Å². The molecule has 0 radical (unpaired) electrons. The molecule has 3 N–H and O–H groups in total. The van der Waals surface area contributed by atoms with Crippen LogP contribution in [0.5, 0.6) is 0 Å². The van der Waals surface area contributed by atoms with Gasteiger partial charge in [0.05, 0.1) is 0 Å². The highest BCUT2D eigenvalue weighted by Crippen LogP contribution is 2.30. The second-order valence-corrected chi connectivity index (χ2v) is 8.05. The third-order valence-corrected chi connectivity index (χ3v) is 5.41. The minimum Gasteiger partial charge on any atom is -0.355 e. The lowest BCUT2D eigenvalue weighted by atomic mass is 10.0. The highest BCUT2D eigenvalue weighted by Gasteiger charge is 2.18. The number of aryl methyl sites for hydroxylation is 1. The van der Waals surface area contributed by atoms with E-state index in [1.807, 2.05) is 19.1 Å². The van der Waals surface area contributed by atoms with Gasteiger partial charge < -0.3 is 10.6 Å². The van der Waals surface area contributed by atoms with Crippen LogP contribution in [0.25, 0.3) is 11.1 Å². The molecule has 3 rings (SSSR count). The summed E-state index contributed by atoms with van der Waals surface area (Å²) < 4.78 is 33.6. The average molecular weight is 424 g/mol. The van der Waals surface area contributed by atoms with E-state index in [-0.39, 0.29) is 16.5 Å². The van der Waals surface area contributed by atoms with Crippen LogP contribution in [-0.4, -0.2) is 31.8 Å². The van der Waals surface area contributed by atoms with Gasteiger partial charge in [0.15, 0.2) is 0 Å². The Morgan fingerprint density at radius 1 is 0.833 bits per heavy atom. The zero-order chi connectivity index (χ0) is 21.9. The van der Waals surface area contributed by atoms with E-state index in [9.17, 15) is 22.6 Å². The van der Waals surface area contributed by atoms with Crippen molar-refractivity contribution >= 4 is 27.6 Å². The van der Waals surface area contributed by atoms with Gasteiger partial charge in [-0.3, -0.25) is 14.1 Å². The van der Waals surface area contributed by atoms with Gasteiger partial charge in [0, 0.05) is 29.4 Å². The molecule has 30 heavy (non-hydrogen) atoms. The maximum Gasteiger partial charge on any atom is 0.295 e. The number of rotatable bonds is 5. The van der Waals surface area contributed by atoms with Crippen LogP contribution in [0, 0.1) is 6.92 Å². The van der Waals surface area contributed by atoms with Crippen LogP contribution < -0.4 is 10.6 Å². The molecule has 0 saturated carbocycles. The second-order valence-electron chi connectivity index (χ2n) is 6.66. The predicted molar refractivity (Wildman–Crippen MR) is 114 cm³/mol. The summed E-state index contributed by atoms with van der Waals surface area (Å²) in [5.74, 6) is -0.755. The Morgan fingerprint density at radius 3 is 1.93 bits per heavy atom. The molecule has 0 saturated heterocycles. The van der Waals surface area contributed by atoms with Gasteiger partial charge in [-0.25, -0.2) is 0 Å². The third kappa shape index (κ3) is 4.73. The Kier molecular flexibility index (Phi) is 6.00. The monoisotopic (exact) mass is 424 g/mol. The summed E-state index contributed by atoms with van der Waals surface area (Å²) >= 11 is 0. The number of amides is 2. The first kappa shape index (κ1) is 21.2. The van der Waals surface area contributed by atoms with Crippen LogP contribution in [0.3, 0.4) is 0 Å². The summed E-state index contributed by atoms with van der Waals surface area (Å²) in [5, 5.41) is 5.10. The number of anilines is 1. The number of benzene rings is 3. The Morgan fingerprint density at radius 2 is 1.40 bits per heavy atom. The molecule has 0 unspecified atom stereocenters. The molecule has 0 spiro atoms. The zero-order valence-electron chi connectivity index (χ0n) is 16.3. The van der Waals surface area contributed by atoms with Gasteiger partial charge in [-0.2, -0.15) is 8.42 Å². The maximum absolute atomic E-state index is 12.5. The smallest absolute Gasteiger partial charge is 0.295 e. The summed E-state index contributed by atoms with van der Waals surface area (Å²) in [6.07, 6.45) is 0. The fourth-order valence-corrected chi connectivity index (χ4v) is 3.65. The highest BCUT2D eigenvalue weighted by atomic mass is 32.2. The minimum atomic E-state index is -4.53. The standard InChI is InChI=1S/C22H20N2O5S/c1-14-3-5-15(6-4-14)19-12-11-18(13-20(19)30(27,28)29)24-22(26)17-9-7-16(8-10-17)21(25)23-2/h3-13H,1-2H3,(H,23,25)(H,24,26)(H,27,28,29). The fraction of sp³-hybridized carbons (Fsp3) is 0.0909. The molecular formula is C22H20N2O5S. The van der Waals surface area contributed by atoms with Crippen molar-refractivity contribution in [1.29, 1.82) is 0 Å². The lowest BCUT2D eigenvalue weighted by molar-refractivity contribution is 0.0961. The van der Waals surface area contributed by atoms with Crippen molar-refractivity contribution in [3.8, 4) is 11.1 Å². The molecule has 0 aromatic heterocycles. The molecule has 0 heterocycles. The first-order valence-electron chi connectivity index (χ1n) is 9.01. The number of nitrogens with one attached hydrogen (secondary N) is 2. The van der Waals surface area contributed by atoms with Crippen LogP contribution >= 0.6 is 0 Å². The summed E-state index contributed by atoms with van der Waals surface area (Å²) in [6.45, 7) is 1.91. The molecule has 0 fully saturated rings. The number of hydrogen-bond acceptors (Lipinski definition) is 4. The second kappa shape index (κ2) is 8.48. The first-order chi connectivity index (χ1) is 14.2. The van der Waals surface area contributed by atoms with E-state index in [2.05, 4.69) is 10.6 Å². The van der Waals surface area contributed by atoms with E-state index in [1.165, 1.54) is 43.4 Å². The molecule has 0 aliphatic heterocycles. The first-order valence-corrected chi connectivity index (χ1v) is 10.4. The Balaban J connectivity index is 1.90. The van der Waals surface area contributed by atoms with Crippen molar-refractivity contribution in [3.05, 3.63) is 83.4 Å². The Bertz CT molecular complexity index is 1200. The summed E-state index contributed by atoms with van der Waals surface area (Å²) in [6, 6.07) is 17.5. The zero-order valence-corrected chi connectivity index (χ0v) is 17.2. The van der Waals surface area contributed by atoms with Gasteiger partial charge in [0.25, 0.3) is 21.9 Å². The van der Waals surface area contributed by atoms with Crippen molar-refractivity contribution in [2.45, 2.75) is 11.8 Å². The van der Waals surface area contributed by atoms with E-state index >= 15 is 0 Å². The molecular weight excluding hydrogens is 404 g/mol. The molecule has 8 heteroatoms. The lowest BCUT2D eigenvalue weighted by Gasteiger charge is -2.12. The quantitative estimate of drug-likeness (QED) is 0.543. The molecule has 0 bridgehead atoms. The number of carbonyl (C=O) groups excluding carboxylic acids is 2. The van der Waals surface area contributed by atoms with Gasteiger partial charge in [-0.05, 0) is 48.9 Å². The SMILES string of the molecule is CNC(=O)c1ccc(C(=O)Nc2ccc(-c3ccc(C)cc3)c(S(=O)(=O)O)c2)cc1. The van der Waals surface area contributed by atoms with Crippen LogP contribution in [0.4, 0.5) is 5.69 Å². The molecule has 0 atom stereocenters. The van der Waals surface area contributed by atoms with E-state index in [0.29, 0.717) is 22.3 Å². The van der Waals surface area contributed by atoms with E-state index in [1.54, 1.807) is 18.2 Å². The number of carbonyl (C=O) groups is 2. The Hall–Kier alpha value is -3.49. The van der Waals surface area contributed by atoms with Crippen LogP contribution in [-0.2, 0) is 10.1 Å². The molecule has 0 aliphatic carbocycles. The van der Waals surface area contributed by atoms with E-state index in [0.717, 1.165) is 5.56 Å². The third-order valence-electron chi connectivity index (χ3n) is 4.52. The normalized spacial score (nSPS) is 11.0. The average Bonchev–Trinajstić information content (AvgIpc) is 2.73. The van der Waals surface area contributed by atoms with Gasteiger partial charge in [0.2, 0.25) is 0 Å². The van der Waals surface area contributed by atoms with Crippen molar-refractivity contribution in [1.82, 2.24) is 5.32 Å². The maximum atomic E-state index is 12.5. The minimum absolute atomic E-state index is 0.207. The summed E-state index contributed by atoms with van der Waals surface area (Å²) in [5.41, 5.74) is 2.86. The molecule has 3 aromatic rings. The van der Waals surface area contributed by atoms with Crippen LogP contribution in [0.2, 0.25) is 0 Å². The molecule has 2 amide bonds. The van der Waals surface area contributed by atoms with Crippen LogP contribution in [0.1, 0.15) is 26.3 Å². The van der Waals surface area contributed by atoms with Crippen molar-refractivity contribution in [2.24, 2.45) is 0 Å². The van der Waals surface area contributed by atoms with Crippen LogP contribution in [0.15, 0.2) is 71.6 Å². The van der Waals surface area contributed by atoms with Crippen molar-refractivity contribution < 1.29 is 22.6 Å². The largest absolute Gasteiger partial charge is 0.355 e. The predicted octanol–water partition coefficient (Wildman–Crippen LogP) is 3.52. The Labute approximate surface area is 174 Å². The van der Waals surface area contributed by atoms with Crippen molar-refractivity contribution in [2.75, 3.05) is 12.4 Å². The topological polar surface area (TPSA) is 113 Å². The molecule has 0 aliphatic rings. The van der Waals surface area contributed by atoms with Crippen molar-refractivity contribution in [3.63, 3.8) is 0 Å². The van der Waals surface area contributed by atoms with Gasteiger partial charge in [-0.1, -0.05) is 35.9 Å². The number of hydrogen-bond donors (Lipinski definition) is 3. The fourth-order valence-electron chi connectivity index (χ4n) is 2.91. The molecule has 3 aromatic carbocycles. The summed E-state index contributed by atoms with van der Waals surface area (Å²) in [4.78, 5) is 23.8. The van der Waals surface area contributed by atoms with Gasteiger partial charge in [0.1, 0.15) is 4.90 Å². The van der Waals surface area contributed by atoms with E-state index in [4.69, 9.17) is 0 Å². The van der Waals surface area contributed by atoms with Gasteiger partial charge >= 0.3 is 0 Å². The lowest BCUT2D eigenvalue weighted by Crippen LogP contribution is -2.18. The highest BCUT2D eigenvalue weighted by molar-refractivity contribution is 7.86.